The van der Waals surface area contributed by atoms with Crippen LogP contribution in [0.5, 0.6) is 5.75 Å². The summed E-state index contributed by atoms with van der Waals surface area (Å²) >= 11 is 0. The molecule has 3 N–H and O–H groups in total. The number of nitrogens with one attached hydrogen (secondary N) is 1. The molecule has 0 unspecified atom stereocenters. The molecular formula is C17H14N2O6S. The number of aromatic hydroxyl groups is 1. The molecule has 3 rings (SSSR count). The van der Waals surface area contributed by atoms with Crippen LogP contribution in [0.15, 0.2) is 63.9 Å². The SMILES string of the molecule is CN1C(C(=O)Nc2ccc(O)c(=O)cc2)=C(O)c2ccccc2S1(=O)=O. The van der Waals surface area contributed by atoms with Gasteiger partial charge in [-0.05, 0) is 36.4 Å². The zero-order chi connectivity index (χ0) is 19.1. The van der Waals surface area contributed by atoms with Crippen molar-refractivity contribution in [3.05, 3.63) is 70.0 Å². The van der Waals surface area contributed by atoms with Gasteiger partial charge in [0, 0.05) is 18.3 Å². The average Bonchev–Trinajstić information content (AvgIpc) is 2.76. The largest absolute Gasteiger partial charge is 0.505 e. The van der Waals surface area contributed by atoms with E-state index in [0.717, 1.165) is 19.2 Å². The maximum Gasteiger partial charge on any atom is 0.276 e. The molecule has 134 valence electrons. The Balaban J connectivity index is 2.07. The molecule has 1 aliphatic rings. The lowest BCUT2D eigenvalue weighted by atomic mass is 10.1. The van der Waals surface area contributed by atoms with Crippen molar-refractivity contribution < 1.29 is 23.4 Å². The fraction of sp³-hybridized carbons (Fsp3) is 0.0588. The van der Waals surface area contributed by atoms with Crippen molar-refractivity contribution in [2.24, 2.45) is 0 Å². The average molecular weight is 374 g/mol. The van der Waals surface area contributed by atoms with Gasteiger partial charge in [-0.3, -0.25) is 13.9 Å². The Morgan fingerprint density at radius 2 is 1.69 bits per heavy atom. The first-order chi connectivity index (χ1) is 12.2. The van der Waals surface area contributed by atoms with Gasteiger partial charge in [0.15, 0.2) is 17.2 Å². The lowest BCUT2D eigenvalue weighted by Gasteiger charge is -2.28. The molecule has 0 atom stereocenters. The van der Waals surface area contributed by atoms with Crippen LogP contribution in [0.2, 0.25) is 0 Å². The Bertz CT molecular complexity index is 1110. The number of carbonyl (C=O) groups excluding carboxylic acids is 1. The molecule has 9 heteroatoms. The first kappa shape index (κ1) is 17.5. The lowest BCUT2D eigenvalue weighted by molar-refractivity contribution is -0.113. The number of nitrogens with zero attached hydrogens (tertiary/aromatic N) is 1. The van der Waals surface area contributed by atoms with Gasteiger partial charge in [-0.15, -0.1) is 0 Å². The highest BCUT2D eigenvalue weighted by atomic mass is 32.2. The molecule has 2 aromatic carbocycles. The molecule has 0 aliphatic carbocycles. The Labute approximate surface area is 148 Å². The summed E-state index contributed by atoms with van der Waals surface area (Å²) < 4.78 is 25.9. The maximum atomic E-state index is 12.6. The highest BCUT2D eigenvalue weighted by Crippen LogP contribution is 2.34. The van der Waals surface area contributed by atoms with Gasteiger partial charge in [0.2, 0.25) is 5.43 Å². The van der Waals surface area contributed by atoms with Crippen molar-refractivity contribution in [2.45, 2.75) is 4.90 Å². The fourth-order valence-corrected chi connectivity index (χ4v) is 3.91. The molecule has 0 aromatic heterocycles. The number of benzene rings is 1. The van der Waals surface area contributed by atoms with Gasteiger partial charge in [-0.25, -0.2) is 8.42 Å². The van der Waals surface area contributed by atoms with E-state index in [-0.39, 0.29) is 16.1 Å². The van der Waals surface area contributed by atoms with Crippen molar-refractivity contribution >= 4 is 27.4 Å². The minimum Gasteiger partial charge on any atom is -0.505 e. The van der Waals surface area contributed by atoms with Gasteiger partial charge < -0.3 is 15.5 Å². The van der Waals surface area contributed by atoms with E-state index >= 15 is 0 Å². The van der Waals surface area contributed by atoms with Crippen LogP contribution in [-0.4, -0.2) is 35.9 Å². The van der Waals surface area contributed by atoms with Crippen LogP contribution in [-0.2, 0) is 14.8 Å². The molecule has 0 fully saturated rings. The molecule has 26 heavy (non-hydrogen) atoms. The van der Waals surface area contributed by atoms with E-state index in [2.05, 4.69) is 5.32 Å². The highest BCUT2D eigenvalue weighted by molar-refractivity contribution is 7.89. The van der Waals surface area contributed by atoms with Gasteiger partial charge in [0.25, 0.3) is 15.9 Å². The van der Waals surface area contributed by atoms with Crippen LogP contribution in [0.25, 0.3) is 5.76 Å². The highest BCUT2D eigenvalue weighted by Gasteiger charge is 2.37. The topological polar surface area (TPSA) is 124 Å². The van der Waals surface area contributed by atoms with Gasteiger partial charge in [0.05, 0.1) is 4.90 Å². The maximum absolute atomic E-state index is 12.6. The van der Waals surface area contributed by atoms with E-state index in [4.69, 9.17) is 0 Å². The van der Waals surface area contributed by atoms with E-state index < -0.39 is 38.6 Å². The number of amides is 1. The number of hydrogen-bond acceptors (Lipinski definition) is 6. The second kappa shape index (κ2) is 6.19. The quantitative estimate of drug-likeness (QED) is 0.727. The molecule has 0 bridgehead atoms. The number of rotatable bonds is 2. The summed E-state index contributed by atoms with van der Waals surface area (Å²) in [7, 11) is -2.85. The zero-order valence-corrected chi connectivity index (χ0v) is 14.3. The second-order valence-corrected chi connectivity index (χ2v) is 7.43. The summed E-state index contributed by atoms with van der Waals surface area (Å²) in [6.45, 7) is 0. The Morgan fingerprint density at radius 1 is 1.04 bits per heavy atom. The van der Waals surface area contributed by atoms with E-state index in [9.17, 15) is 28.2 Å². The number of anilines is 1. The summed E-state index contributed by atoms with van der Waals surface area (Å²) in [6.07, 6.45) is 0. The third kappa shape index (κ3) is 2.78. The standard InChI is InChI=1S/C17H14N2O6S/c1-19-15(16(22)11-4-2-3-5-14(11)26(19,24)25)17(23)18-10-6-8-12(20)13(21)9-7-10/h2-9,22H,1H3,(H,18,23)(H,20,21). The molecular weight excluding hydrogens is 360 g/mol. The molecule has 0 saturated carbocycles. The van der Waals surface area contributed by atoms with Gasteiger partial charge in [-0.2, -0.15) is 0 Å². The normalized spacial score (nSPS) is 15.3. The minimum absolute atomic E-state index is 0.0221. The lowest BCUT2D eigenvalue weighted by Crippen LogP contribution is -2.37. The molecule has 0 saturated heterocycles. The summed E-state index contributed by atoms with van der Waals surface area (Å²) in [6, 6.07) is 10.5. The molecule has 1 aliphatic heterocycles. The van der Waals surface area contributed by atoms with Crippen molar-refractivity contribution in [1.82, 2.24) is 4.31 Å². The van der Waals surface area contributed by atoms with Crippen LogP contribution < -0.4 is 10.7 Å². The van der Waals surface area contributed by atoms with Gasteiger partial charge in [-0.1, -0.05) is 12.1 Å². The predicted molar refractivity (Wildman–Crippen MR) is 93.9 cm³/mol. The first-order valence-electron chi connectivity index (χ1n) is 7.40. The minimum atomic E-state index is -4.00. The van der Waals surface area contributed by atoms with Crippen LogP contribution in [0.1, 0.15) is 5.56 Å². The van der Waals surface area contributed by atoms with Crippen molar-refractivity contribution in [1.29, 1.82) is 0 Å². The molecule has 2 aromatic rings. The number of hydrogen-bond donors (Lipinski definition) is 3. The Morgan fingerprint density at radius 3 is 2.42 bits per heavy atom. The predicted octanol–water partition coefficient (Wildman–Crippen LogP) is 1.25. The monoisotopic (exact) mass is 374 g/mol. The number of carbonyl (C=O) groups is 1. The summed E-state index contributed by atoms with van der Waals surface area (Å²) in [5.41, 5.74) is -0.938. The molecule has 1 amide bonds. The zero-order valence-electron chi connectivity index (χ0n) is 13.5. The number of fused-ring (bicyclic) bond motifs is 1. The van der Waals surface area contributed by atoms with Crippen molar-refractivity contribution in [3.8, 4) is 5.75 Å². The van der Waals surface area contributed by atoms with Crippen LogP contribution in [0, 0.1) is 0 Å². The number of likely N-dealkylation sites (N-methyl/N-ethyl adjacent to an activating group) is 1. The summed E-state index contributed by atoms with van der Waals surface area (Å²) in [5, 5.41) is 22.2. The number of sulfonamides is 1. The van der Waals surface area contributed by atoms with E-state index in [1.807, 2.05) is 0 Å². The van der Waals surface area contributed by atoms with Gasteiger partial charge >= 0.3 is 0 Å². The molecule has 0 spiro atoms. The van der Waals surface area contributed by atoms with E-state index in [1.165, 1.54) is 30.3 Å². The first-order valence-corrected chi connectivity index (χ1v) is 8.84. The number of aliphatic hydroxyl groups excluding tert-OH is 1. The summed E-state index contributed by atoms with van der Waals surface area (Å²) in [5.74, 6) is -1.87. The Hall–Kier alpha value is -3.33. The summed E-state index contributed by atoms with van der Waals surface area (Å²) in [4.78, 5) is 23.9. The number of aliphatic hydroxyl groups is 1. The molecule has 1 heterocycles. The third-order valence-corrected chi connectivity index (χ3v) is 5.70. The smallest absolute Gasteiger partial charge is 0.276 e. The Kier molecular flexibility index (Phi) is 4.17. The fourth-order valence-electron chi connectivity index (χ4n) is 2.51. The molecule has 8 nitrogen and oxygen atoms in total. The molecule has 0 radical (unpaired) electrons. The van der Waals surface area contributed by atoms with Crippen LogP contribution in [0.4, 0.5) is 5.69 Å². The third-order valence-electron chi connectivity index (χ3n) is 3.88. The van der Waals surface area contributed by atoms with Crippen molar-refractivity contribution in [2.75, 3.05) is 12.4 Å². The van der Waals surface area contributed by atoms with Crippen LogP contribution in [0.3, 0.4) is 0 Å². The van der Waals surface area contributed by atoms with E-state index in [0.29, 0.717) is 4.31 Å². The van der Waals surface area contributed by atoms with E-state index in [1.54, 1.807) is 6.07 Å². The van der Waals surface area contributed by atoms with Crippen molar-refractivity contribution in [3.63, 3.8) is 0 Å². The van der Waals surface area contributed by atoms with Crippen LogP contribution >= 0.6 is 0 Å². The second-order valence-electron chi connectivity index (χ2n) is 5.49. The van der Waals surface area contributed by atoms with Gasteiger partial charge in [0.1, 0.15) is 0 Å².